The maximum Gasteiger partial charge on any atom is 0.349 e. The van der Waals surface area contributed by atoms with Crippen LogP contribution in [0.1, 0.15) is 47.7 Å². The summed E-state index contributed by atoms with van der Waals surface area (Å²) < 4.78 is 7.18. The maximum absolute atomic E-state index is 12.2. The van der Waals surface area contributed by atoms with E-state index in [9.17, 15) is 14.9 Å². The molecule has 0 amide bonds. The van der Waals surface area contributed by atoms with Crippen molar-refractivity contribution in [3.8, 4) is 6.07 Å². The van der Waals surface area contributed by atoms with Crippen LogP contribution in [0.15, 0.2) is 30.0 Å². The van der Waals surface area contributed by atoms with E-state index in [1.807, 2.05) is 26.0 Å². The lowest BCUT2D eigenvalue weighted by Crippen LogP contribution is -2.15. The van der Waals surface area contributed by atoms with Crippen LogP contribution in [0.2, 0.25) is 0 Å². The molecule has 6 nitrogen and oxygen atoms in total. The molecule has 0 aliphatic carbocycles. The van der Waals surface area contributed by atoms with Gasteiger partial charge in [-0.2, -0.15) is 5.26 Å². The number of esters is 1. The first kappa shape index (κ1) is 20.2. The lowest BCUT2D eigenvalue weighted by atomic mass is 10.1. The number of ether oxygens (including phenoxy) is 1. The number of H-pyrrole nitrogens is 1. The number of nitrogens with one attached hydrogen (secondary N) is 1. The molecule has 0 atom stereocenters. The van der Waals surface area contributed by atoms with Gasteiger partial charge in [0.15, 0.2) is 6.61 Å². The summed E-state index contributed by atoms with van der Waals surface area (Å²) in [6.07, 6.45) is 4.19. The van der Waals surface area contributed by atoms with Crippen LogP contribution in [0.25, 0.3) is 6.08 Å². The molecule has 0 saturated carbocycles. The molecule has 0 radical (unpaired) electrons. The monoisotopic (exact) mass is 367 g/mol. The lowest BCUT2D eigenvalue weighted by Gasteiger charge is -2.11. The molecule has 0 aliphatic heterocycles. The first-order valence-electron chi connectivity index (χ1n) is 8.95. The number of hydrogen-bond donors (Lipinski definition) is 1. The molecule has 1 N–H and O–H groups in total. The van der Waals surface area contributed by atoms with Crippen LogP contribution < -0.4 is 0 Å². The fraction of sp³-hybridized carbons (Fsp3) is 0.381. The van der Waals surface area contributed by atoms with Gasteiger partial charge in [0.25, 0.3) is 0 Å². The van der Waals surface area contributed by atoms with E-state index < -0.39 is 12.6 Å². The Kier molecular flexibility index (Phi) is 6.78. The molecule has 0 aliphatic rings. The highest BCUT2D eigenvalue weighted by Gasteiger charge is 2.16. The maximum atomic E-state index is 12.2. The minimum atomic E-state index is -0.801. The van der Waals surface area contributed by atoms with Crippen molar-refractivity contribution in [2.24, 2.45) is 5.92 Å². The SMILES string of the molecule is Cc1cc(/C=C(\C#N)C(=O)OCC(=O)c2ccc[nH]2)c(C)n1CCC(C)C. The van der Waals surface area contributed by atoms with E-state index in [1.165, 1.54) is 6.08 Å². The minimum Gasteiger partial charge on any atom is -0.453 e. The molecular formula is C21H25N3O3. The third-order valence-corrected chi connectivity index (χ3v) is 4.42. The van der Waals surface area contributed by atoms with Gasteiger partial charge >= 0.3 is 5.97 Å². The van der Waals surface area contributed by atoms with Gasteiger partial charge in [-0.1, -0.05) is 13.8 Å². The zero-order valence-electron chi connectivity index (χ0n) is 16.2. The van der Waals surface area contributed by atoms with Crippen LogP contribution in [-0.4, -0.2) is 27.9 Å². The molecule has 0 bridgehead atoms. The van der Waals surface area contributed by atoms with E-state index in [-0.39, 0.29) is 11.4 Å². The number of rotatable bonds is 8. The Morgan fingerprint density at radius 3 is 2.70 bits per heavy atom. The minimum absolute atomic E-state index is 0.126. The predicted molar refractivity (Wildman–Crippen MR) is 103 cm³/mol. The fourth-order valence-electron chi connectivity index (χ4n) is 2.79. The van der Waals surface area contributed by atoms with Crippen molar-refractivity contribution >= 4 is 17.8 Å². The summed E-state index contributed by atoms with van der Waals surface area (Å²) in [5.41, 5.74) is 3.11. The van der Waals surface area contributed by atoms with E-state index in [0.717, 1.165) is 29.9 Å². The molecule has 0 unspecified atom stereocenters. The molecule has 6 heteroatoms. The standard InChI is InChI=1S/C21H25N3O3/c1-14(2)7-9-24-15(3)10-17(16(24)4)11-18(12-22)21(26)27-13-20(25)19-6-5-8-23-19/h5-6,8,10-11,14,23H,7,9,13H2,1-4H3/b18-11+. The number of aromatic amines is 1. The van der Waals surface area contributed by atoms with Crippen molar-refractivity contribution in [2.45, 2.75) is 40.7 Å². The largest absolute Gasteiger partial charge is 0.453 e. The second kappa shape index (κ2) is 9.04. The Labute approximate surface area is 159 Å². The van der Waals surface area contributed by atoms with E-state index in [2.05, 4.69) is 23.4 Å². The van der Waals surface area contributed by atoms with Crippen LogP contribution >= 0.6 is 0 Å². The summed E-state index contributed by atoms with van der Waals surface area (Å²) in [6, 6.07) is 7.11. The van der Waals surface area contributed by atoms with Gasteiger partial charge in [-0.05, 0) is 56.0 Å². The van der Waals surface area contributed by atoms with Gasteiger partial charge in [-0.3, -0.25) is 4.79 Å². The summed E-state index contributed by atoms with van der Waals surface area (Å²) in [5.74, 6) is -0.561. The van der Waals surface area contributed by atoms with E-state index >= 15 is 0 Å². The predicted octanol–water partition coefficient (Wildman–Crippen LogP) is 3.81. The van der Waals surface area contributed by atoms with Gasteiger partial charge < -0.3 is 14.3 Å². The number of aryl methyl sites for hydroxylation is 1. The number of aromatic nitrogens is 2. The zero-order chi connectivity index (χ0) is 20.0. The molecule has 27 heavy (non-hydrogen) atoms. The highest BCUT2D eigenvalue weighted by Crippen LogP contribution is 2.20. The number of nitrogens with zero attached hydrogens (tertiary/aromatic N) is 2. The van der Waals surface area contributed by atoms with Crippen LogP contribution in [0.3, 0.4) is 0 Å². The number of carbonyl (C=O) groups is 2. The number of nitriles is 1. The highest BCUT2D eigenvalue weighted by atomic mass is 16.5. The molecule has 0 fully saturated rings. The molecule has 2 aromatic rings. The fourth-order valence-corrected chi connectivity index (χ4v) is 2.79. The second-order valence-electron chi connectivity index (χ2n) is 6.91. The summed E-state index contributed by atoms with van der Waals surface area (Å²) in [6.45, 7) is 8.80. The molecule has 2 rings (SSSR count). The van der Waals surface area contributed by atoms with Gasteiger partial charge in [0.2, 0.25) is 5.78 Å². The molecule has 0 spiro atoms. The number of ketones is 1. The first-order chi connectivity index (χ1) is 12.8. The van der Waals surface area contributed by atoms with Crippen molar-refractivity contribution in [1.29, 1.82) is 5.26 Å². The second-order valence-corrected chi connectivity index (χ2v) is 6.91. The van der Waals surface area contributed by atoms with E-state index in [1.54, 1.807) is 18.3 Å². The molecule has 142 valence electrons. The normalized spacial score (nSPS) is 11.5. The molecule has 2 heterocycles. The van der Waals surface area contributed by atoms with Crippen molar-refractivity contribution in [3.05, 3.63) is 52.6 Å². The quantitative estimate of drug-likeness (QED) is 0.332. The molecule has 2 aromatic heterocycles. The summed E-state index contributed by atoms with van der Waals surface area (Å²) >= 11 is 0. The summed E-state index contributed by atoms with van der Waals surface area (Å²) in [5, 5.41) is 9.33. The summed E-state index contributed by atoms with van der Waals surface area (Å²) in [7, 11) is 0. The van der Waals surface area contributed by atoms with Crippen molar-refractivity contribution in [2.75, 3.05) is 6.61 Å². The van der Waals surface area contributed by atoms with Gasteiger partial charge in [0, 0.05) is 24.1 Å². The van der Waals surface area contributed by atoms with Crippen LogP contribution in [0, 0.1) is 31.1 Å². The average molecular weight is 367 g/mol. The van der Waals surface area contributed by atoms with Gasteiger partial charge in [0.1, 0.15) is 11.6 Å². The van der Waals surface area contributed by atoms with Crippen molar-refractivity contribution in [1.82, 2.24) is 9.55 Å². The van der Waals surface area contributed by atoms with Crippen LogP contribution in [0.4, 0.5) is 0 Å². The number of Topliss-reactive ketones (excluding diaryl/α,β-unsaturated/α-hetero) is 1. The Balaban J connectivity index is 2.11. The van der Waals surface area contributed by atoms with E-state index in [4.69, 9.17) is 4.74 Å². The molecular weight excluding hydrogens is 342 g/mol. The zero-order valence-corrected chi connectivity index (χ0v) is 16.2. The third kappa shape index (κ3) is 5.20. The van der Waals surface area contributed by atoms with E-state index in [0.29, 0.717) is 11.6 Å². The van der Waals surface area contributed by atoms with Gasteiger partial charge in [0.05, 0.1) is 5.69 Å². The third-order valence-electron chi connectivity index (χ3n) is 4.42. The number of hydrogen-bond acceptors (Lipinski definition) is 4. The number of carbonyl (C=O) groups excluding carboxylic acids is 2. The Morgan fingerprint density at radius 1 is 1.37 bits per heavy atom. The smallest absolute Gasteiger partial charge is 0.349 e. The van der Waals surface area contributed by atoms with Gasteiger partial charge in [-0.25, -0.2) is 4.79 Å². The Morgan fingerprint density at radius 2 is 2.11 bits per heavy atom. The van der Waals surface area contributed by atoms with Gasteiger partial charge in [-0.15, -0.1) is 0 Å². The van der Waals surface area contributed by atoms with Crippen molar-refractivity contribution < 1.29 is 14.3 Å². The Hall–Kier alpha value is -3.07. The van der Waals surface area contributed by atoms with Crippen molar-refractivity contribution in [3.63, 3.8) is 0 Å². The molecule has 0 aromatic carbocycles. The van der Waals surface area contributed by atoms with Crippen LogP contribution in [-0.2, 0) is 16.1 Å². The average Bonchev–Trinajstić information content (AvgIpc) is 3.25. The summed E-state index contributed by atoms with van der Waals surface area (Å²) in [4.78, 5) is 26.8. The topological polar surface area (TPSA) is 87.9 Å². The highest BCUT2D eigenvalue weighted by molar-refractivity contribution is 6.01. The molecule has 0 saturated heterocycles. The van der Waals surface area contributed by atoms with Crippen LogP contribution in [0.5, 0.6) is 0 Å². The Bertz CT molecular complexity index is 881. The first-order valence-corrected chi connectivity index (χ1v) is 8.95. The lowest BCUT2D eigenvalue weighted by molar-refractivity contribution is -0.137.